The van der Waals surface area contributed by atoms with Crippen LogP contribution in [0, 0.1) is 5.82 Å². The Morgan fingerprint density at radius 2 is 2.04 bits per heavy atom. The Hall–Kier alpha value is -2.38. The van der Waals surface area contributed by atoms with Crippen LogP contribution < -0.4 is 5.32 Å². The van der Waals surface area contributed by atoms with Crippen LogP contribution in [0.4, 0.5) is 10.1 Å². The third-order valence-electron chi connectivity index (χ3n) is 3.39. The van der Waals surface area contributed by atoms with Crippen LogP contribution in [0.2, 0.25) is 5.02 Å². The Kier molecular flexibility index (Phi) is 5.35. The molecular formula is C17H14ClFN4OS. The normalized spacial score (nSPS) is 10.7. The van der Waals surface area contributed by atoms with Gasteiger partial charge in [0, 0.05) is 18.3 Å². The van der Waals surface area contributed by atoms with Crippen LogP contribution in [-0.4, -0.2) is 26.4 Å². The van der Waals surface area contributed by atoms with Gasteiger partial charge in [-0.2, -0.15) is 0 Å². The summed E-state index contributed by atoms with van der Waals surface area (Å²) in [5.74, 6) is 0.102. The van der Waals surface area contributed by atoms with Crippen molar-refractivity contribution in [2.45, 2.75) is 5.16 Å². The minimum Gasteiger partial charge on any atom is -0.325 e. The summed E-state index contributed by atoms with van der Waals surface area (Å²) in [7, 11) is 1.81. The maximum absolute atomic E-state index is 13.1. The molecule has 0 radical (unpaired) electrons. The van der Waals surface area contributed by atoms with Crippen molar-refractivity contribution < 1.29 is 9.18 Å². The highest BCUT2D eigenvalue weighted by Gasteiger charge is 2.14. The van der Waals surface area contributed by atoms with Crippen LogP contribution in [0.25, 0.3) is 11.4 Å². The fourth-order valence-corrected chi connectivity index (χ4v) is 3.14. The van der Waals surface area contributed by atoms with Crippen molar-refractivity contribution in [3.63, 3.8) is 0 Å². The number of amides is 1. The summed E-state index contributed by atoms with van der Waals surface area (Å²) in [4.78, 5) is 12.0. The Labute approximate surface area is 153 Å². The summed E-state index contributed by atoms with van der Waals surface area (Å²) in [6.45, 7) is 0. The van der Waals surface area contributed by atoms with Gasteiger partial charge < -0.3 is 9.88 Å². The fraction of sp³-hybridized carbons (Fsp3) is 0.118. The number of carbonyl (C=O) groups is 1. The van der Waals surface area contributed by atoms with Crippen molar-refractivity contribution in [2.75, 3.05) is 11.1 Å². The number of benzene rings is 2. The maximum Gasteiger partial charge on any atom is 0.234 e. The molecule has 0 aliphatic carbocycles. The van der Waals surface area contributed by atoms with E-state index in [2.05, 4.69) is 15.5 Å². The molecule has 1 aromatic heterocycles. The number of halogens is 2. The van der Waals surface area contributed by atoms with Gasteiger partial charge in [0.25, 0.3) is 0 Å². The molecule has 0 aliphatic heterocycles. The van der Waals surface area contributed by atoms with Crippen LogP contribution in [0.15, 0.2) is 53.7 Å². The van der Waals surface area contributed by atoms with Crippen LogP contribution in [-0.2, 0) is 11.8 Å². The molecule has 0 bridgehead atoms. The van der Waals surface area contributed by atoms with E-state index in [1.54, 1.807) is 16.7 Å². The number of thioether (sulfide) groups is 1. The predicted molar refractivity (Wildman–Crippen MR) is 97.2 cm³/mol. The van der Waals surface area contributed by atoms with Crippen molar-refractivity contribution in [1.82, 2.24) is 14.8 Å². The second kappa shape index (κ2) is 7.67. The Balaban J connectivity index is 1.66. The highest BCUT2D eigenvalue weighted by molar-refractivity contribution is 7.99. The van der Waals surface area contributed by atoms with Gasteiger partial charge in [0.15, 0.2) is 11.0 Å². The number of aromatic nitrogens is 3. The van der Waals surface area contributed by atoms with Crippen molar-refractivity contribution >= 4 is 35.0 Å². The van der Waals surface area contributed by atoms with Crippen molar-refractivity contribution in [1.29, 1.82) is 0 Å². The molecule has 0 saturated heterocycles. The Morgan fingerprint density at radius 1 is 1.24 bits per heavy atom. The first kappa shape index (κ1) is 17.4. The number of nitrogens with zero attached hydrogens (tertiary/aromatic N) is 3. The molecule has 0 fully saturated rings. The molecule has 128 valence electrons. The molecule has 0 saturated carbocycles. The number of hydrogen-bond donors (Lipinski definition) is 1. The molecule has 0 atom stereocenters. The van der Waals surface area contributed by atoms with E-state index in [4.69, 9.17) is 11.6 Å². The van der Waals surface area contributed by atoms with Gasteiger partial charge in [0.05, 0.1) is 10.8 Å². The highest BCUT2D eigenvalue weighted by Crippen LogP contribution is 2.28. The molecule has 1 amide bonds. The summed E-state index contributed by atoms with van der Waals surface area (Å²) in [6, 6.07) is 13.1. The van der Waals surface area contributed by atoms with E-state index in [1.165, 1.54) is 30.0 Å². The second-order valence-electron chi connectivity index (χ2n) is 5.19. The SMILES string of the molecule is Cn1c(SCC(=O)Nc2cccc(F)c2)nnc1-c1ccccc1Cl. The zero-order valence-corrected chi connectivity index (χ0v) is 14.8. The standard InChI is InChI=1S/C17H14ClFN4OS/c1-23-16(13-7-2-3-8-14(13)18)21-22-17(23)25-10-15(24)20-12-6-4-5-11(19)9-12/h2-9H,10H2,1H3,(H,20,24). The molecular weight excluding hydrogens is 363 g/mol. The van der Waals surface area contributed by atoms with E-state index < -0.39 is 5.82 Å². The number of carbonyl (C=O) groups excluding carboxylic acids is 1. The average molecular weight is 377 g/mol. The minimum atomic E-state index is -0.400. The van der Waals surface area contributed by atoms with Crippen LogP contribution in [0.3, 0.4) is 0 Å². The van der Waals surface area contributed by atoms with E-state index in [9.17, 15) is 9.18 Å². The Bertz CT molecular complexity index is 915. The molecule has 8 heteroatoms. The zero-order chi connectivity index (χ0) is 17.8. The molecule has 5 nitrogen and oxygen atoms in total. The Morgan fingerprint density at radius 3 is 2.80 bits per heavy atom. The quantitative estimate of drug-likeness (QED) is 0.683. The number of nitrogens with one attached hydrogen (secondary N) is 1. The van der Waals surface area contributed by atoms with Crippen LogP contribution in [0.1, 0.15) is 0 Å². The summed E-state index contributed by atoms with van der Waals surface area (Å²) in [6.07, 6.45) is 0. The number of hydrogen-bond acceptors (Lipinski definition) is 4. The molecule has 0 aliphatic rings. The largest absolute Gasteiger partial charge is 0.325 e. The molecule has 0 unspecified atom stereocenters. The van der Waals surface area contributed by atoms with Gasteiger partial charge in [0.2, 0.25) is 5.91 Å². The number of rotatable bonds is 5. The van der Waals surface area contributed by atoms with Crippen LogP contribution in [0.5, 0.6) is 0 Å². The molecule has 1 heterocycles. The summed E-state index contributed by atoms with van der Waals surface area (Å²) in [5.41, 5.74) is 1.19. The third-order valence-corrected chi connectivity index (χ3v) is 4.74. The van der Waals surface area contributed by atoms with Gasteiger partial charge in [-0.25, -0.2) is 4.39 Å². The van der Waals surface area contributed by atoms with E-state index in [0.717, 1.165) is 5.56 Å². The van der Waals surface area contributed by atoms with E-state index in [-0.39, 0.29) is 11.7 Å². The lowest BCUT2D eigenvalue weighted by atomic mass is 10.2. The summed E-state index contributed by atoms with van der Waals surface area (Å²) in [5, 5.41) is 12.1. The lowest BCUT2D eigenvalue weighted by Crippen LogP contribution is -2.14. The lowest BCUT2D eigenvalue weighted by Gasteiger charge is -2.06. The van der Waals surface area contributed by atoms with Crippen molar-refractivity contribution in [2.24, 2.45) is 7.05 Å². The first-order valence-corrected chi connectivity index (χ1v) is 8.73. The van der Waals surface area contributed by atoms with Crippen molar-refractivity contribution in [3.05, 3.63) is 59.4 Å². The smallest absolute Gasteiger partial charge is 0.234 e. The molecule has 2 aromatic carbocycles. The second-order valence-corrected chi connectivity index (χ2v) is 6.54. The molecule has 1 N–H and O–H groups in total. The van der Waals surface area contributed by atoms with Gasteiger partial charge in [-0.15, -0.1) is 10.2 Å². The summed E-state index contributed by atoms with van der Waals surface area (Å²) < 4.78 is 14.9. The third kappa shape index (κ3) is 4.18. The van der Waals surface area contributed by atoms with Gasteiger partial charge in [-0.3, -0.25) is 4.79 Å². The number of anilines is 1. The van der Waals surface area contributed by atoms with Gasteiger partial charge in [-0.1, -0.05) is 41.6 Å². The zero-order valence-electron chi connectivity index (χ0n) is 13.2. The maximum atomic E-state index is 13.1. The molecule has 3 rings (SSSR count). The predicted octanol–water partition coefficient (Wildman–Crippen LogP) is 4.01. The molecule has 0 spiro atoms. The highest BCUT2D eigenvalue weighted by atomic mass is 35.5. The molecule has 3 aromatic rings. The molecule has 25 heavy (non-hydrogen) atoms. The minimum absolute atomic E-state index is 0.130. The van der Waals surface area contributed by atoms with Gasteiger partial charge >= 0.3 is 0 Å². The van der Waals surface area contributed by atoms with Crippen LogP contribution >= 0.6 is 23.4 Å². The monoisotopic (exact) mass is 376 g/mol. The summed E-state index contributed by atoms with van der Waals surface area (Å²) >= 11 is 7.43. The van der Waals surface area contributed by atoms with Gasteiger partial charge in [-0.05, 0) is 30.3 Å². The fourth-order valence-electron chi connectivity index (χ4n) is 2.21. The first-order chi connectivity index (χ1) is 12.0. The average Bonchev–Trinajstić information content (AvgIpc) is 2.94. The first-order valence-electron chi connectivity index (χ1n) is 7.37. The topological polar surface area (TPSA) is 59.8 Å². The lowest BCUT2D eigenvalue weighted by molar-refractivity contribution is -0.113. The van der Waals surface area contributed by atoms with Crippen molar-refractivity contribution in [3.8, 4) is 11.4 Å². The van der Waals surface area contributed by atoms with E-state index >= 15 is 0 Å². The van der Waals surface area contributed by atoms with E-state index in [0.29, 0.717) is 21.7 Å². The van der Waals surface area contributed by atoms with Gasteiger partial charge in [0.1, 0.15) is 5.82 Å². The van der Waals surface area contributed by atoms with E-state index in [1.807, 2.05) is 25.2 Å².